The van der Waals surface area contributed by atoms with E-state index in [0.717, 1.165) is 16.8 Å². The van der Waals surface area contributed by atoms with Gasteiger partial charge in [-0.1, -0.05) is 41.4 Å². The molecule has 0 aliphatic rings. The molecule has 0 aliphatic carbocycles. The van der Waals surface area contributed by atoms with Gasteiger partial charge < -0.3 is 9.73 Å². The Balaban J connectivity index is 1.57. The number of hydrazine groups is 1. The smallest absolute Gasteiger partial charge is 0.305 e. The van der Waals surface area contributed by atoms with E-state index in [9.17, 15) is 4.79 Å². The lowest BCUT2D eigenvalue weighted by atomic mass is 10.2. The lowest BCUT2D eigenvalue weighted by Gasteiger charge is -2.11. The molecule has 0 bridgehead atoms. The molecule has 0 atom stereocenters. The minimum absolute atomic E-state index is 0.158. The highest BCUT2D eigenvalue weighted by atomic mass is 35.5. The van der Waals surface area contributed by atoms with E-state index in [0.29, 0.717) is 10.8 Å². The third-order valence-corrected chi connectivity index (χ3v) is 3.98. The number of amides is 1. The molecule has 0 fully saturated rings. The molecule has 0 saturated heterocycles. The van der Waals surface area contributed by atoms with E-state index in [1.54, 1.807) is 24.3 Å². The summed E-state index contributed by atoms with van der Waals surface area (Å²) >= 11 is 11.1. The maximum atomic E-state index is 12.2. The number of benzene rings is 2. The van der Waals surface area contributed by atoms with Crippen molar-refractivity contribution in [2.75, 3.05) is 5.32 Å². The first-order valence-electron chi connectivity index (χ1n) is 7.81. The molecule has 7 heteroatoms. The Kier molecular flexibility index (Phi) is 5.55. The van der Waals surface area contributed by atoms with Gasteiger partial charge in [-0.05, 0) is 55.5 Å². The third-order valence-electron chi connectivity index (χ3n) is 3.54. The van der Waals surface area contributed by atoms with Crippen LogP contribution in [-0.4, -0.2) is 11.0 Å². The van der Waals surface area contributed by atoms with Crippen LogP contribution in [0.4, 0.5) is 5.69 Å². The number of halogens is 1. The number of aryl methyl sites for hydroxylation is 1. The Morgan fingerprint density at radius 2 is 1.81 bits per heavy atom. The Morgan fingerprint density at radius 3 is 2.54 bits per heavy atom. The fraction of sp³-hybridized carbons (Fsp3) is 0.0526. The Hall–Kier alpha value is -2.83. The zero-order valence-corrected chi connectivity index (χ0v) is 15.4. The summed E-state index contributed by atoms with van der Waals surface area (Å²) in [4.78, 5) is 12.2. The van der Waals surface area contributed by atoms with Crippen molar-refractivity contribution >= 4 is 40.5 Å². The monoisotopic (exact) mass is 385 g/mol. The Labute approximate surface area is 161 Å². The number of rotatable bonds is 3. The molecule has 1 heterocycles. The second-order valence-electron chi connectivity index (χ2n) is 5.57. The first-order valence-corrected chi connectivity index (χ1v) is 8.60. The molecule has 5 nitrogen and oxygen atoms in total. The number of anilines is 1. The minimum atomic E-state index is -0.439. The maximum absolute atomic E-state index is 12.2. The third kappa shape index (κ3) is 4.62. The van der Waals surface area contributed by atoms with E-state index >= 15 is 0 Å². The van der Waals surface area contributed by atoms with Crippen LogP contribution in [0.1, 0.15) is 16.1 Å². The highest BCUT2D eigenvalue weighted by molar-refractivity contribution is 7.80. The molecule has 3 N–H and O–H groups in total. The standard InChI is InChI=1S/C19H16ClN3O2S/c1-12-5-7-15(8-6-12)21-19(26)23-22-18(24)17-10-9-16(25-17)13-3-2-4-14(20)11-13/h2-11H,1H3,(H,22,24)(H2,21,23,26). The van der Waals surface area contributed by atoms with Gasteiger partial charge in [0.15, 0.2) is 10.9 Å². The van der Waals surface area contributed by atoms with Crippen LogP contribution >= 0.6 is 23.8 Å². The topological polar surface area (TPSA) is 66.3 Å². The van der Waals surface area contributed by atoms with Gasteiger partial charge in [-0.25, -0.2) is 0 Å². The van der Waals surface area contributed by atoms with Gasteiger partial charge in [0, 0.05) is 16.3 Å². The van der Waals surface area contributed by atoms with E-state index in [-0.39, 0.29) is 10.9 Å². The fourth-order valence-electron chi connectivity index (χ4n) is 2.23. The predicted octanol–water partition coefficient (Wildman–Crippen LogP) is 4.54. The van der Waals surface area contributed by atoms with Gasteiger partial charge in [0.1, 0.15) is 5.76 Å². The van der Waals surface area contributed by atoms with Crippen LogP contribution in [0.2, 0.25) is 5.02 Å². The number of nitrogens with one attached hydrogen (secondary N) is 3. The average Bonchev–Trinajstić information content (AvgIpc) is 3.12. The average molecular weight is 386 g/mol. The van der Waals surface area contributed by atoms with E-state index < -0.39 is 5.91 Å². The van der Waals surface area contributed by atoms with E-state index in [1.807, 2.05) is 43.3 Å². The summed E-state index contributed by atoms with van der Waals surface area (Å²) in [7, 11) is 0. The number of hydrogen-bond donors (Lipinski definition) is 3. The van der Waals surface area contributed by atoms with E-state index in [1.165, 1.54) is 0 Å². The van der Waals surface area contributed by atoms with Gasteiger partial charge in [-0.2, -0.15) is 0 Å². The van der Waals surface area contributed by atoms with Crippen LogP contribution in [-0.2, 0) is 0 Å². The van der Waals surface area contributed by atoms with Crippen molar-refractivity contribution < 1.29 is 9.21 Å². The van der Waals surface area contributed by atoms with Crippen LogP contribution in [0.3, 0.4) is 0 Å². The molecule has 3 rings (SSSR count). The molecule has 2 aromatic carbocycles. The van der Waals surface area contributed by atoms with Crippen molar-refractivity contribution in [2.45, 2.75) is 6.92 Å². The molecule has 0 saturated carbocycles. The van der Waals surface area contributed by atoms with Gasteiger partial charge in [-0.3, -0.25) is 15.6 Å². The minimum Gasteiger partial charge on any atom is -0.451 e. The lowest BCUT2D eigenvalue weighted by Crippen LogP contribution is -2.43. The first kappa shape index (κ1) is 18.0. The summed E-state index contributed by atoms with van der Waals surface area (Å²) in [5.74, 6) is 0.273. The van der Waals surface area contributed by atoms with E-state index in [2.05, 4.69) is 16.2 Å². The number of thiocarbonyl (C=S) groups is 1. The quantitative estimate of drug-likeness (QED) is 0.456. The summed E-state index contributed by atoms with van der Waals surface area (Å²) in [6, 6.07) is 18.2. The zero-order valence-electron chi connectivity index (χ0n) is 13.9. The molecule has 132 valence electrons. The normalized spacial score (nSPS) is 10.2. The summed E-state index contributed by atoms with van der Waals surface area (Å²) in [6.45, 7) is 2.00. The highest BCUT2D eigenvalue weighted by Crippen LogP contribution is 2.24. The SMILES string of the molecule is Cc1ccc(NC(=S)NNC(=O)c2ccc(-c3cccc(Cl)c3)o2)cc1. The fourth-order valence-corrected chi connectivity index (χ4v) is 2.59. The van der Waals surface area contributed by atoms with Crippen molar-refractivity contribution in [1.82, 2.24) is 10.9 Å². The maximum Gasteiger partial charge on any atom is 0.305 e. The lowest BCUT2D eigenvalue weighted by molar-refractivity contribution is 0.0917. The number of carbonyl (C=O) groups is 1. The molecule has 0 aliphatic heterocycles. The highest BCUT2D eigenvalue weighted by Gasteiger charge is 2.12. The number of hydrogen-bond acceptors (Lipinski definition) is 3. The van der Waals surface area contributed by atoms with Gasteiger partial charge in [-0.15, -0.1) is 0 Å². The zero-order chi connectivity index (χ0) is 18.5. The van der Waals surface area contributed by atoms with Crippen LogP contribution < -0.4 is 16.2 Å². The van der Waals surface area contributed by atoms with Crippen molar-refractivity contribution in [3.63, 3.8) is 0 Å². The molecule has 0 unspecified atom stereocenters. The molecular weight excluding hydrogens is 370 g/mol. The molecule has 1 aromatic heterocycles. The van der Waals surface area contributed by atoms with Crippen LogP contribution in [0.25, 0.3) is 11.3 Å². The number of furan rings is 1. The summed E-state index contributed by atoms with van der Waals surface area (Å²) in [5.41, 5.74) is 7.90. The predicted molar refractivity (Wildman–Crippen MR) is 107 cm³/mol. The molecule has 0 radical (unpaired) electrons. The van der Waals surface area contributed by atoms with Crippen molar-refractivity contribution in [3.05, 3.63) is 77.0 Å². The Morgan fingerprint density at radius 1 is 1.04 bits per heavy atom. The van der Waals surface area contributed by atoms with Crippen LogP contribution in [0.5, 0.6) is 0 Å². The van der Waals surface area contributed by atoms with E-state index in [4.69, 9.17) is 28.2 Å². The van der Waals surface area contributed by atoms with Gasteiger partial charge >= 0.3 is 5.91 Å². The number of carbonyl (C=O) groups excluding carboxylic acids is 1. The first-order chi connectivity index (χ1) is 12.5. The molecule has 1 amide bonds. The largest absolute Gasteiger partial charge is 0.451 e. The molecule has 3 aromatic rings. The summed E-state index contributed by atoms with van der Waals surface area (Å²) in [5, 5.41) is 3.84. The van der Waals surface area contributed by atoms with Crippen LogP contribution in [0.15, 0.2) is 65.1 Å². The van der Waals surface area contributed by atoms with Crippen LogP contribution in [0, 0.1) is 6.92 Å². The summed E-state index contributed by atoms with van der Waals surface area (Å²) in [6.07, 6.45) is 0. The van der Waals surface area contributed by atoms with Crippen molar-refractivity contribution in [3.8, 4) is 11.3 Å². The molecule has 26 heavy (non-hydrogen) atoms. The Bertz CT molecular complexity index is 938. The molecular formula is C19H16ClN3O2S. The van der Waals surface area contributed by atoms with Crippen molar-refractivity contribution in [2.24, 2.45) is 0 Å². The van der Waals surface area contributed by atoms with Gasteiger partial charge in [0.25, 0.3) is 0 Å². The second kappa shape index (κ2) is 8.03. The van der Waals surface area contributed by atoms with Crippen molar-refractivity contribution in [1.29, 1.82) is 0 Å². The second-order valence-corrected chi connectivity index (χ2v) is 6.42. The van der Waals surface area contributed by atoms with Gasteiger partial charge in [0.2, 0.25) is 0 Å². The van der Waals surface area contributed by atoms with Gasteiger partial charge in [0.05, 0.1) is 0 Å². The summed E-state index contributed by atoms with van der Waals surface area (Å²) < 4.78 is 5.58. The molecule has 0 spiro atoms.